The molecule has 1 aliphatic heterocycles. The maximum absolute atomic E-state index is 13.1. The van der Waals surface area contributed by atoms with Gasteiger partial charge in [-0.25, -0.2) is 24.5 Å². The van der Waals surface area contributed by atoms with Crippen LogP contribution in [-0.4, -0.2) is 64.8 Å². The second-order valence-electron chi connectivity index (χ2n) is 9.96. The molecule has 0 N–H and O–H groups in total. The highest BCUT2D eigenvalue weighted by Gasteiger charge is 2.36. The van der Waals surface area contributed by atoms with Crippen molar-refractivity contribution in [1.82, 2.24) is 14.9 Å². The van der Waals surface area contributed by atoms with Gasteiger partial charge in [-0.05, 0) is 59.0 Å². The van der Waals surface area contributed by atoms with Crippen LogP contribution in [0.25, 0.3) is 6.08 Å². The first-order chi connectivity index (χ1) is 15.7. The Morgan fingerprint density at radius 1 is 1.15 bits per heavy atom. The molecule has 2 heterocycles. The third kappa shape index (κ3) is 7.81. The Morgan fingerprint density at radius 3 is 2.48 bits per heavy atom. The SMILES string of the molecule is CCOC(=O)/C=C/c1cnc(N(C(=O)OC(C)(C)C)[C@@H]2CCN(CC3CCCCC3)C2)nc1. The minimum absolute atomic E-state index is 0.0376. The van der Waals surface area contributed by atoms with E-state index in [-0.39, 0.29) is 6.04 Å². The molecule has 1 amide bonds. The van der Waals surface area contributed by atoms with E-state index in [9.17, 15) is 9.59 Å². The van der Waals surface area contributed by atoms with E-state index in [1.165, 1.54) is 38.2 Å². The second kappa shape index (κ2) is 11.6. The van der Waals surface area contributed by atoms with Crippen LogP contribution in [0, 0.1) is 5.92 Å². The van der Waals surface area contributed by atoms with Gasteiger partial charge in [0.15, 0.2) is 0 Å². The molecule has 182 valence electrons. The van der Waals surface area contributed by atoms with E-state index in [1.807, 2.05) is 20.8 Å². The Balaban J connectivity index is 1.71. The minimum atomic E-state index is -0.613. The monoisotopic (exact) mass is 458 g/mol. The van der Waals surface area contributed by atoms with Gasteiger partial charge < -0.3 is 14.4 Å². The Morgan fingerprint density at radius 2 is 1.85 bits per heavy atom. The van der Waals surface area contributed by atoms with E-state index in [0.29, 0.717) is 18.1 Å². The first kappa shape index (κ1) is 25.1. The number of nitrogens with zero attached hydrogens (tertiary/aromatic N) is 4. The van der Waals surface area contributed by atoms with Crippen LogP contribution in [0.4, 0.5) is 10.7 Å². The number of carbonyl (C=O) groups excluding carboxylic acids is 2. The summed E-state index contributed by atoms with van der Waals surface area (Å²) < 4.78 is 10.6. The number of hydrogen-bond acceptors (Lipinski definition) is 7. The van der Waals surface area contributed by atoms with Crippen LogP contribution in [0.1, 0.15) is 71.8 Å². The highest BCUT2D eigenvalue weighted by Crippen LogP contribution is 2.28. The lowest BCUT2D eigenvalue weighted by Crippen LogP contribution is -2.46. The largest absolute Gasteiger partial charge is 0.463 e. The van der Waals surface area contributed by atoms with E-state index >= 15 is 0 Å². The lowest BCUT2D eigenvalue weighted by Gasteiger charge is -2.31. The number of rotatable bonds is 7. The summed E-state index contributed by atoms with van der Waals surface area (Å²) in [7, 11) is 0. The van der Waals surface area contributed by atoms with Crippen LogP contribution in [0.15, 0.2) is 18.5 Å². The molecule has 1 saturated carbocycles. The molecule has 1 saturated heterocycles. The van der Waals surface area contributed by atoms with Crippen molar-refractivity contribution < 1.29 is 19.1 Å². The van der Waals surface area contributed by atoms with Gasteiger partial charge in [0.05, 0.1) is 12.6 Å². The zero-order valence-corrected chi connectivity index (χ0v) is 20.5. The molecule has 0 spiro atoms. The summed E-state index contributed by atoms with van der Waals surface area (Å²) in [5, 5.41) is 0. The quantitative estimate of drug-likeness (QED) is 0.441. The molecule has 8 heteroatoms. The fourth-order valence-corrected chi connectivity index (χ4v) is 4.53. The number of likely N-dealkylation sites (tertiary alicyclic amines) is 1. The van der Waals surface area contributed by atoms with E-state index in [4.69, 9.17) is 9.47 Å². The average Bonchev–Trinajstić information content (AvgIpc) is 3.21. The summed E-state index contributed by atoms with van der Waals surface area (Å²) in [4.78, 5) is 37.6. The maximum atomic E-state index is 13.1. The number of esters is 1. The Labute approximate surface area is 197 Å². The van der Waals surface area contributed by atoms with Crippen molar-refractivity contribution in [3.8, 4) is 0 Å². The number of aromatic nitrogens is 2. The number of amides is 1. The van der Waals surface area contributed by atoms with Gasteiger partial charge in [-0.15, -0.1) is 0 Å². The van der Waals surface area contributed by atoms with Crippen molar-refractivity contribution >= 4 is 24.1 Å². The topological polar surface area (TPSA) is 84.9 Å². The predicted octanol–water partition coefficient (Wildman–Crippen LogP) is 4.45. The summed E-state index contributed by atoms with van der Waals surface area (Å²) >= 11 is 0. The highest BCUT2D eigenvalue weighted by molar-refractivity contribution is 5.87. The van der Waals surface area contributed by atoms with Crippen molar-refractivity contribution in [1.29, 1.82) is 0 Å². The lowest BCUT2D eigenvalue weighted by molar-refractivity contribution is -0.137. The van der Waals surface area contributed by atoms with Gasteiger partial charge in [0.25, 0.3) is 0 Å². The first-order valence-electron chi connectivity index (χ1n) is 12.2. The second-order valence-corrected chi connectivity index (χ2v) is 9.96. The zero-order valence-electron chi connectivity index (χ0n) is 20.5. The van der Waals surface area contributed by atoms with Gasteiger partial charge in [-0.1, -0.05) is 19.3 Å². The smallest absolute Gasteiger partial charge is 0.417 e. The van der Waals surface area contributed by atoms with Crippen molar-refractivity contribution in [2.75, 3.05) is 31.1 Å². The molecule has 1 aromatic heterocycles. The van der Waals surface area contributed by atoms with E-state index in [2.05, 4.69) is 14.9 Å². The van der Waals surface area contributed by atoms with Crippen LogP contribution in [0.2, 0.25) is 0 Å². The van der Waals surface area contributed by atoms with E-state index < -0.39 is 17.7 Å². The standard InChI is InChI=1S/C25H38N4O4/c1-5-32-22(30)12-11-20-15-26-23(27-16-20)29(24(31)33-25(2,3)4)21-13-14-28(18-21)17-19-9-7-6-8-10-19/h11-12,15-16,19,21H,5-10,13-14,17-18H2,1-4H3/b12-11+/t21-/m1/s1. The summed E-state index contributed by atoms with van der Waals surface area (Å²) in [5.74, 6) is 0.664. The molecular weight excluding hydrogens is 420 g/mol. The average molecular weight is 459 g/mol. The summed E-state index contributed by atoms with van der Waals surface area (Å²) in [6.45, 7) is 10.5. The van der Waals surface area contributed by atoms with Crippen LogP contribution in [0.3, 0.4) is 0 Å². The number of anilines is 1. The van der Waals surface area contributed by atoms with Crippen molar-refractivity contribution in [2.45, 2.75) is 77.9 Å². The summed E-state index contributed by atoms with van der Waals surface area (Å²) in [6.07, 6.45) is 13.2. The zero-order chi connectivity index (χ0) is 23.8. The molecule has 1 aliphatic carbocycles. The van der Waals surface area contributed by atoms with Crippen molar-refractivity contribution in [3.63, 3.8) is 0 Å². The third-order valence-corrected chi connectivity index (χ3v) is 6.02. The van der Waals surface area contributed by atoms with Gasteiger partial charge in [-0.2, -0.15) is 0 Å². The Kier molecular flexibility index (Phi) is 8.83. The molecule has 2 aliphatic rings. The first-order valence-corrected chi connectivity index (χ1v) is 12.2. The molecule has 0 bridgehead atoms. The van der Waals surface area contributed by atoms with Crippen LogP contribution in [0.5, 0.6) is 0 Å². The molecule has 1 atom stereocenters. The van der Waals surface area contributed by atoms with Gasteiger partial charge in [0, 0.05) is 43.7 Å². The van der Waals surface area contributed by atoms with Gasteiger partial charge in [0.2, 0.25) is 5.95 Å². The maximum Gasteiger partial charge on any atom is 0.417 e. The number of hydrogen-bond donors (Lipinski definition) is 0. The number of ether oxygens (including phenoxy) is 2. The fraction of sp³-hybridized carbons (Fsp3) is 0.680. The van der Waals surface area contributed by atoms with Crippen molar-refractivity contribution in [3.05, 3.63) is 24.0 Å². The molecule has 0 aromatic carbocycles. The van der Waals surface area contributed by atoms with Crippen LogP contribution in [-0.2, 0) is 14.3 Å². The van der Waals surface area contributed by atoms with Crippen molar-refractivity contribution in [2.24, 2.45) is 5.92 Å². The minimum Gasteiger partial charge on any atom is -0.463 e. The normalized spacial score (nSPS) is 20.2. The molecule has 2 fully saturated rings. The lowest BCUT2D eigenvalue weighted by atomic mass is 9.89. The van der Waals surface area contributed by atoms with E-state index in [0.717, 1.165) is 32.0 Å². The molecule has 33 heavy (non-hydrogen) atoms. The fourth-order valence-electron chi connectivity index (χ4n) is 4.53. The molecule has 3 rings (SSSR count). The molecule has 8 nitrogen and oxygen atoms in total. The van der Waals surface area contributed by atoms with Gasteiger partial charge >= 0.3 is 12.1 Å². The van der Waals surface area contributed by atoms with E-state index in [1.54, 1.807) is 30.3 Å². The summed E-state index contributed by atoms with van der Waals surface area (Å²) in [6, 6.07) is -0.0376. The van der Waals surface area contributed by atoms with Crippen LogP contribution >= 0.6 is 0 Å². The van der Waals surface area contributed by atoms with Gasteiger partial charge in [0.1, 0.15) is 5.60 Å². The highest BCUT2D eigenvalue weighted by atomic mass is 16.6. The molecule has 1 aromatic rings. The Hall–Kier alpha value is -2.48. The molecule has 0 unspecified atom stereocenters. The third-order valence-electron chi connectivity index (χ3n) is 6.02. The van der Waals surface area contributed by atoms with Gasteiger partial charge in [-0.3, -0.25) is 0 Å². The van der Waals surface area contributed by atoms with Crippen LogP contribution < -0.4 is 4.90 Å². The predicted molar refractivity (Wildman–Crippen MR) is 128 cm³/mol. The Bertz CT molecular complexity index is 813. The summed E-state index contributed by atoms with van der Waals surface area (Å²) in [5.41, 5.74) is 0.0409. The molecule has 0 radical (unpaired) electrons. The number of carbonyl (C=O) groups is 2. The molecular formula is C25H38N4O4.